The third kappa shape index (κ3) is 4.05. The summed E-state index contributed by atoms with van der Waals surface area (Å²) in [6.07, 6.45) is 6.60. The van der Waals surface area contributed by atoms with E-state index in [1.165, 1.54) is 4.31 Å². The van der Waals surface area contributed by atoms with Crippen LogP contribution in [0.5, 0.6) is 0 Å². The van der Waals surface area contributed by atoms with Gasteiger partial charge in [-0.25, -0.2) is 8.42 Å². The number of sulfonamides is 1. The van der Waals surface area contributed by atoms with Gasteiger partial charge >= 0.3 is 0 Å². The molecule has 132 valence electrons. The highest BCUT2D eigenvalue weighted by Gasteiger charge is 2.25. The number of carbonyl (C=O) groups excluding carboxylic acids is 1. The molecule has 0 aromatic heterocycles. The maximum absolute atomic E-state index is 12.8. The van der Waals surface area contributed by atoms with E-state index in [-0.39, 0.29) is 16.7 Å². The van der Waals surface area contributed by atoms with Crippen molar-refractivity contribution in [3.8, 4) is 0 Å². The van der Waals surface area contributed by atoms with E-state index >= 15 is 0 Å². The van der Waals surface area contributed by atoms with Gasteiger partial charge in [-0.05, 0) is 43.9 Å². The molecule has 24 heavy (non-hydrogen) atoms. The Balaban J connectivity index is 2.25. The fourth-order valence-electron chi connectivity index (χ4n) is 2.93. The van der Waals surface area contributed by atoms with Crippen molar-refractivity contribution in [3.63, 3.8) is 0 Å². The normalized spacial score (nSPS) is 17.9. The summed E-state index contributed by atoms with van der Waals surface area (Å²) in [7, 11) is -3.54. The van der Waals surface area contributed by atoms with Gasteiger partial charge in [0.25, 0.3) is 0 Å². The Kier molecular flexibility index (Phi) is 6.18. The van der Waals surface area contributed by atoms with Crippen LogP contribution in [0.4, 0.5) is 5.69 Å². The number of allylic oxidation sites excluding steroid dienone is 2. The second kappa shape index (κ2) is 7.94. The zero-order valence-electron chi connectivity index (χ0n) is 14.6. The summed E-state index contributed by atoms with van der Waals surface area (Å²) < 4.78 is 26.9. The molecule has 0 saturated carbocycles. The van der Waals surface area contributed by atoms with Gasteiger partial charge in [0.05, 0.1) is 4.90 Å². The lowest BCUT2D eigenvalue weighted by Gasteiger charge is -2.21. The summed E-state index contributed by atoms with van der Waals surface area (Å²) in [5, 5.41) is 2.87. The van der Waals surface area contributed by atoms with Gasteiger partial charge in [0.15, 0.2) is 0 Å². The molecule has 1 aliphatic rings. The minimum atomic E-state index is -3.54. The summed E-state index contributed by atoms with van der Waals surface area (Å²) in [4.78, 5) is 12.6. The summed E-state index contributed by atoms with van der Waals surface area (Å²) >= 11 is 0. The quantitative estimate of drug-likeness (QED) is 0.800. The van der Waals surface area contributed by atoms with Crippen molar-refractivity contribution in [2.75, 3.05) is 18.4 Å². The van der Waals surface area contributed by atoms with Crippen LogP contribution in [0.25, 0.3) is 0 Å². The van der Waals surface area contributed by atoms with Crippen LogP contribution in [0.3, 0.4) is 0 Å². The molecule has 1 aromatic rings. The average molecular weight is 350 g/mol. The molecule has 1 unspecified atom stereocenters. The van der Waals surface area contributed by atoms with Crippen LogP contribution >= 0.6 is 0 Å². The van der Waals surface area contributed by atoms with Crippen molar-refractivity contribution < 1.29 is 13.2 Å². The van der Waals surface area contributed by atoms with Crippen LogP contribution in [0.2, 0.25) is 0 Å². The van der Waals surface area contributed by atoms with Crippen LogP contribution in [-0.4, -0.2) is 31.7 Å². The highest BCUT2D eigenvalue weighted by Crippen LogP contribution is 2.25. The molecule has 0 radical (unpaired) electrons. The second-order valence-corrected chi connectivity index (χ2v) is 7.95. The number of nitrogens with one attached hydrogen (secondary N) is 1. The van der Waals surface area contributed by atoms with Gasteiger partial charge in [-0.2, -0.15) is 4.31 Å². The molecular formula is C18H26N2O3S. The van der Waals surface area contributed by atoms with Crippen LogP contribution in [-0.2, 0) is 14.8 Å². The Morgan fingerprint density at radius 3 is 2.54 bits per heavy atom. The number of nitrogens with zero attached hydrogens (tertiary/aromatic N) is 1. The van der Waals surface area contributed by atoms with E-state index in [0.717, 1.165) is 19.3 Å². The van der Waals surface area contributed by atoms with Crippen LogP contribution < -0.4 is 5.32 Å². The van der Waals surface area contributed by atoms with Crippen molar-refractivity contribution in [2.45, 2.75) is 44.9 Å². The van der Waals surface area contributed by atoms with Gasteiger partial charge < -0.3 is 5.32 Å². The summed E-state index contributed by atoms with van der Waals surface area (Å²) in [5.41, 5.74) is 1.21. The van der Waals surface area contributed by atoms with Gasteiger partial charge in [0, 0.05) is 24.7 Å². The smallest absolute Gasteiger partial charge is 0.243 e. The molecular weight excluding hydrogens is 324 g/mol. The number of hydrogen-bond acceptors (Lipinski definition) is 3. The van der Waals surface area contributed by atoms with E-state index < -0.39 is 10.0 Å². The van der Waals surface area contributed by atoms with E-state index in [2.05, 4.69) is 11.4 Å². The van der Waals surface area contributed by atoms with Crippen molar-refractivity contribution >= 4 is 21.6 Å². The Labute approximate surface area is 144 Å². The zero-order chi connectivity index (χ0) is 17.7. The van der Waals surface area contributed by atoms with Crippen molar-refractivity contribution in [2.24, 2.45) is 5.92 Å². The first-order valence-corrected chi connectivity index (χ1v) is 9.90. The fraction of sp³-hybridized carbons (Fsp3) is 0.500. The molecule has 0 saturated heterocycles. The molecule has 1 atom stereocenters. The maximum Gasteiger partial charge on any atom is 0.243 e. The molecule has 0 heterocycles. The highest BCUT2D eigenvalue weighted by atomic mass is 32.2. The lowest BCUT2D eigenvalue weighted by Crippen LogP contribution is -2.31. The van der Waals surface area contributed by atoms with E-state index in [1.807, 2.05) is 19.9 Å². The van der Waals surface area contributed by atoms with E-state index in [9.17, 15) is 13.2 Å². The number of aryl methyl sites for hydroxylation is 1. The zero-order valence-corrected chi connectivity index (χ0v) is 15.4. The van der Waals surface area contributed by atoms with E-state index in [0.29, 0.717) is 24.3 Å². The Morgan fingerprint density at radius 1 is 1.25 bits per heavy atom. The third-order valence-electron chi connectivity index (χ3n) is 4.42. The molecule has 1 aliphatic carbocycles. The van der Waals surface area contributed by atoms with E-state index in [1.54, 1.807) is 25.1 Å². The van der Waals surface area contributed by atoms with E-state index in [4.69, 9.17) is 0 Å². The molecule has 2 rings (SSSR count). The standard InChI is InChI=1S/C18H26N2O3S/c1-4-20(5-2)24(22,23)17-13-16(12-11-14(17)3)19-18(21)15-9-7-6-8-10-15/h6-7,11-13,15H,4-5,8-10H2,1-3H3,(H,19,21). The molecule has 5 nitrogen and oxygen atoms in total. The number of amides is 1. The second-order valence-electron chi connectivity index (χ2n) is 6.04. The number of hydrogen-bond donors (Lipinski definition) is 1. The predicted octanol–water partition coefficient (Wildman–Crippen LogP) is 3.32. The molecule has 1 aromatic carbocycles. The SMILES string of the molecule is CCN(CC)S(=O)(=O)c1cc(NC(=O)C2CC=CCC2)ccc1C. The van der Waals surface area contributed by atoms with Crippen molar-refractivity contribution in [1.82, 2.24) is 4.31 Å². The summed E-state index contributed by atoms with van der Waals surface area (Å²) in [6.45, 7) is 6.25. The Hall–Kier alpha value is -1.66. The molecule has 0 aliphatic heterocycles. The molecule has 6 heteroatoms. The molecule has 0 fully saturated rings. The third-order valence-corrected chi connectivity index (χ3v) is 6.61. The lowest BCUT2D eigenvalue weighted by molar-refractivity contribution is -0.120. The number of anilines is 1. The van der Waals surface area contributed by atoms with Crippen LogP contribution in [0.15, 0.2) is 35.2 Å². The first kappa shape index (κ1) is 18.7. The maximum atomic E-state index is 12.8. The van der Waals surface area contributed by atoms with Gasteiger partial charge in [-0.15, -0.1) is 0 Å². The molecule has 1 N–H and O–H groups in total. The topological polar surface area (TPSA) is 66.5 Å². The van der Waals surface area contributed by atoms with Crippen molar-refractivity contribution in [1.29, 1.82) is 0 Å². The summed E-state index contributed by atoms with van der Waals surface area (Å²) in [6, 6.07) is 5.07. The predicted molar refractivity (Wildman–Crippen MR) is 96.4 cm³/mol. The largest absolute Gasteiger partial charge is 0.326 e. The van der Waals surface area contributed by atoms with Gasteiger partial charge in [0.1, 0.15) is 0 Å². The van der Waals surface area contributed by atoms with Gasteiger partial charge in [-0.1, -0.05) is 32.1 Å². The van der Waals surface area contributed by atoms with Gasteiger partial charge in [0.2, 0.25) is 15.9 Å². The van der Waals surface area contributed by atoms with Crippen molar-refractivity contribution in [3.05, 3.63) is 35.9 Å². The Bertz CT molecular complexity index is 722. The van der Waals surface area contributed by atoms with Gasteiger partial charge in [-0.3, -0.25) is 4.79 Å². The lowest BCUT2D eigenvalue weighted by atomic mass is 9.93. The number of rotatable bonds is 6. The molecule has 0 bridgehead atoms. The molecule has 1 amide bonds. The fourth-order valence-corrected chi connectivity index (χ4v) is 4.64. The Morgan fingerprint density at radius 2 is 1.96 bits per heavy atom. The van der Waals surface area contributed by atoms with Crippen LogP contribution in [0, 0.1) is 12.8 Å². The first-order valence-electron chi connectivity index (χ1n) is 8.46. The number of benzene rings is 1. The number of carbonyl (C=O) groups is 1. The minimum Gasteiger partial charge on any atom is -0.326 e. The first-order chi connectivity index (χ1) is 11.4. The monoisotopic (exact) mass is 350 g/mol. The highest BCUT2D eigenvalue weighted by molar-refractivity contribution is 7.89. The minimum absolute atomic E-state index is 0.0425. The average Bonchev–Trinajstić information content (AvgIpc) is 2.58. The molecule has 0 spiro atoms. The van der Waals surface area contributed by atoms with Crippen LogP contribution in [0.1, 0.15) is 38.7 Å². The summed E-state index contributed by atoms with van der Waals surface area (Å²) in [5.74, 6) is -0.0893.